The maximum absolute atomic E-state index is 5.41. The third-order valence-corrected chi connectivity index (χ3v) is 2.40. The second-order valence-electron chi connectivity index (χ2n) is 4.23. The molecule has 0 N–H and O–H groups in total. The van der Waals surface area contributed by atoms with Gasteiger partial charge in [0.25, 0.3) is 0 Å². The molecular formula is C16H28O2. The minimum absolute atomic E-state index is 0.675. The zero-order valence-corrected chi connectivity index (χ0v) is 12.4. The lowest BCUT2D eigenvalue weighted by Crippen LogP contribution is -2.04. The summed E-state index contributed by atoms with van der Waals surface area (Å²) in [4.78, 5) is 0. The molecule has 104 valence electrons. The van der Waals surface area contributed by atoms with E-state index in [0.29, 0.717) is 13.2 Å². The van der Waals surface area contributed by atoms with E-state index < -0.39 is 0 Å². The third-order valence-electron chi connectivity index (χ3n) is 2.40. The predicted octanol–water partition coefficient (Wildman–Crippen LogP) is 3.87. The van der Waals surface area contributed by atoms with Crippen molar-refractivity contribution in [2.24, 2.45) is 0 Å². The Balaban J connectivity index is 0.000000873. The van der Waals surface area contributed by atoms with Crippen molar-refractivity contribution in [3.05, 3.63) is 35.4 Å². The molecule has 0 heterocycles. The van der Waals surface area contributed by atoms with Gasteiger partial charge in [-0.3, -0.25) is 0 Å². The van der Waals surface area contributed by atoms with Crippen LogP contribution in [-0.4, -0.2) is 26.9 Å². The van der Waals surface area contributed by atoms with E-state index in [9.17, 15) is 0 Å². The first-order valence-electron chi connectivity index (χ1n) is 6.92. The van der Waals surface area contributed by atoms with Gasteiger partial charge in [0.1, 0.15) is 0 Å². The van der Waals surface area contributed by atoms with E-state index in [0.717, 1.165) is 19.4 Å². The van der Waals surface area contributed by atoms with Gasteiger partial charge in [-0.15, -0.1) is 0 Å². The van der Waals surface area contributed by atoms with Crippen LogP contribution in [0.4, 0.5) is 0 Å². The first-order valence-corrected chi connectivity index (χ1v) is 6.92. The molecule has 0 unspecified atom stereocenters. The van der Waals surface area contributed by atoms with Crippen LogP contribution in [0.15, 0.2) is 24.3 Å². The highest BCUT2D eigenvalue weighted by Gasteiger charge is 1.94. The second-order valence-corrected chi connectivity index (χ2v) is 4.23. The fourth-order valence-electron chi connectivity index (χ4n) is 1.38. The number of hydrogen-bond donors (Lipinski definition) is 0. The van der Waals surface area contributed by atoms with Gasteiger partial charge < -0.3 is 9.47 Å². The van der Waals surface area contributed by atoms with Gasteiger partial charge >= 0.3 is 0 Å². The molecule has 0 bridgehead atoms. The molecule has 1 aromatic carbocycles. The molecule has 0 aliphatic carbocycles. The summed E-state index contributed by atoms with van der Waals surface area (Å²) in [6.45, 7) is 8.55. The van der Waals surface area contributed by atoms with Crippen LogP contribution in [0.25, 0.3) is 0 Å². The zero-order chi connectivity index (χ0) is 13.6. The van der Waals surface area contributed by atoms with E-state index in [2.05, 4.69) is 45.0 Å². The van der Waals surface area contributed by atoms with E-state index in [1.165, 1.54) is 17.5 Å². The normalized spacial score (nSPS) is 9.78. The van der Waals surface area contributed by atoms with E-state index in [1.54, 1.807) is 7.11 Å². The molecule has 0 aliphatic rings. The van der Waals surface area contributed by atoms with Gasteiger partial charge in [0, 0.05) is 7.11 Å². The SMILES string of the molecule is CCC.CCc1ccc(CCOCCOC)cc1. The van der Waals surface area contributed by atoms with Crippen molar-refractivity contribution < 1.29 is 9.47 Å². The van der Waals surface area contributed by atoms with E-state index >= 15 is 0 Å². The largest absolute Gasteiger partial charge is 0.382 e. The van der Waals surface area contributed by atoms with Gasteiger partial charge in [0.05, 0.1) is 19.8 Å². The molecule has 0 atom stereocenters. The Bertz CT molecular complexity index is 267. The Morgan fingerprint density at radius 3 is 1.89 bits per heavy atom. The van der Waals surface area contributed by atoms with Crippen LogP contribution in [0, 0.1) is 0 Å². The lowest BCUT2D eigenvalue weighted by Gasteiger charge is -2.04. The molecule has 0 saturated carbocycles. The van der Waals surface area contributed by atoms with Crippen molar-refractivity contribution in [3.8, 4) is 0 Å². The number of ether oxygens (including phenoxy) is 2. The lowest BCUT2D eigenvalue weighted by molar-refractivity contribution is 0.0722. The number of benzene rings is 1. The molecule has 18 heavy (non-hydrogen) atoms. The second kappa shape index (κ2) is 12.6. The van der Waals surface area contributed by atoms with E-state index in [-0.39, 0.29) is 0 Å². The predicted molar refractivity (Wildman–Crippen MR) is 78.2 cm³/mol. The maximum Gasteiger partial charge on any atom is 0.0700 e. The third kappa shape index (κ3) is 9.20. The summed E-state index contributed by atoms with van der Waals surface area (Å²) in [5, 5.41) is 0. The summed E-state index contributed by atoms with van der Waals surface area (Å²) in [5.41, 5.74) is 2.73. The molecule has 0 aliphatic heterocycles. The number of aryl methyl sites for hydroxylation is 1. The standard InChI is InChI=1S/C13H20O2.C3H8/c1-3-12-4-6-13(7-5-12)8-9-15-11-10-14-2;1-3-2/h4-7H,3,8-11H2,1-2H3;3H2,1-2H3. The summed E-state index contributed by atoms with van der Waals surface area (Å²) in [6, 6.07) is 8.73. The minimum atomic E-state index is 0.675. The van der Waals surface area contributed by atoms with Gasteiger partial charge in [-0.2, -0.15) is 0 Å². The quantitative estimate of drug-likeness (QED) is 0.686. The summed E-state index contributed by atoms with van der Waals surface area (Å²) >= 11 is 0. The van der Waals surface area contributed by atoms with Gasteiger partial charge in [-0.05, 0) is 24.0 Å². The van der Waals surface area contributed by atoms with Crippen LogP contribution in [0.2, 0.25) is 0 Å². The summed E-state index contributed by atoms with van der Waals surface area (Å²) < 4.78 is 10.3. The minimum Gasteiger partial charge on any atom is -0.382 e. The van der Waals surface area contributed by atoms with Crippen LogP contribution in [-0.2, 0) is 22.3 Å². The number of methoxy groups -OCH3 is 1. The molecule has 0 spiro atoms. The average Bonchev–Trinajstić information content (AvgIpc) is 2.40. The van der Waals surface area contributed by atoms with Crippen molar-refractivity contribution in [1.29, 1.82) is 0 Å². The summed E-state index contributed by atoms with van der Waals surface area (Å²) in [6.07, 6.45) is 3.33. The van der Waals surface area contributed by atoms with Crippen molar-refractivity contribution in [2.45, 2.75) is 40.0 Å². The monoisotopic (exact) mass is 252 g/mol. The summed E-state index contributed by atoms with van der Waals surface area (Å²) in [7, 11) is 1.69. The van der Waals surface area contributed by atoms with Gasteiger partial charge in [0.15, 0.2) is 0 Å². The molecule has 0 amide bonds. The number of hydrogen-bond acceptors (Lipinski definition) is 2. The zero-order valence-electron chi connectivity index (χ0n) is 12.4. The maximum atomic E-state index is 5.41. The van der Waals surface area contributed by atoms with Gasteiger partial charge in [-0.1, -0.05) is 51.5 Å². The van der Waals surface area contributed by atoms with E-state index in [1.807, 2.05) is 0 Å². The Morgan fingerprint density at radius 1 is 0.833 bits per heavy atom. The van der Waals surface area contributed by atoms with Crippen molar-refractivity contribution in [2.75, 3.05) is 26.9 Å². The first-order chi connectivity index (χ1) is 8.78. The topological polar surface area (TPSA) is 18.5 Å². The fraction of sp³-hybridized carbons (Fsp3) is 0.625. The Kier molecular flexibility index (Phi) is 12.0. The van der Waals surface area contributed by atoms with Crippen molar-refractivity contribution >= 4 is 0 Å². The van der Waals surface area contributed by atoms with Crippen LogP contribution in [0.5, 0.6) is 0 Å². The highest BCUT2D eigenvalue weighted by atomic mass is 16.5. The molecule has 0 radical (unpaired) electrons. The van der Waals surface area contributed by atoms with Crippen molar-refractivity contribution in [1.82, 2.24) is 0 Å². The van der Waals surface area contributed by atoms with Crippen LogP contribution in [0.1, 0.15) is 38.3 Å². The van der Waals surface area contributed by atoms with Crippen LogP contribution in [0.3, 0.4) is 0 Å². The lowest BCUT2D eigenvalue weighted by atomic mass is 10.1. The molecule has 0 fully saturated rings. The van der Waals surface area contributed by atoms with Crippen LogP contribution >= 0.6 is 0 Å². The first kappa shape index (κ1) is 17.1. The summed E-state index contributed by atoms with van der Waals surface area (Å²) in [5.74, 6) is 0. The molecular weight excluding hydrogens is 224 g/mol. The highest BCUT2D eigenvalue weighted by Crippen LogP contribution is 2.05. The highest BCUT2D eigenvalue weighted by molar-refractivity contribution is 5.22. The van der Waals surface area contributed by atoms with Crippen molar-refractivity contribution in [3.63, 3.8) is 0 Å². The van der Waals surface area contributed by atoms with Gasteiger partial charge in [-0.25, -0.2) is 0 Å². The van der Waals surface area contributed by atoms with Gasteiger partial charge in [0.2, 0.25) is 0 Å². The Morgan fingerprint density at radius 2 is 1.39 bits per heavy atom. The smallest absolute Gasteiger partial charge is 0.0700 e. The molecule has 0 aromatic heterocycles. The number of rotatable bonds is 7. The van der Waals surface area contributed by atoms with Crippen LogP contribution < -0.4 is 0 Å². The Hall–Kier alpha value is -0.860. The molecule has 2 nitrogen and oxygen atoms in total. The molecule has 2 heteroatoms. The molecule has 1 rings (SSSR count). The molecule has 0 saturated heterocycles. The van der Waals surface area contributed by atoms with E-state index in [4.69, 9.17) is 9.47 Å². The fourth-order valence-corrected chi connectivity index (χ4v) is 1.38. The average molecular weight is 252 g/mol. The Labute approximate surface area is 112 Å². The molecule has 1 aromatic rings.